The Morgan fingerprint density at radius 1 is 0.806 bits per heavy atom. The number of hydrogen-bond acceptors (Lipinski definition) is 10. The number of rotatable bonds is 21. The zero-order chi connectivity index (χ0) is 46.6. The number of nitrogens with zero attached hydrogens (tertiary/aromatic N) is 4. The molecule has 1 N–H and O–H groups in total. The van der Waals surface area contributed by atoms with Gasteiger partial charge < -0.3 is 50.5 Å². The largest absolute Gasteiger partial charge is 1.00 e. The summed E-state index contributed by atoms with van der Waals surface area (Å²) in [5, 5.41) is 14.9. The quantitative estimate of drug-likeness (QED) is 0.0338. The van der Waals surface area contributed by atoms with Crippen LogP contribution in [-0.4, -0.2) is 69.8 Å². The Balaban J connectivity index is 0.00000741. The summed E-state index contributed by atoms with van der Waals surface area (Å²) in [7, 11) is 3.76. The van der Waals surface area contributed by atoms with Gasteiger partial charge in [0.15, 0.2) is 6.20 Å². The lowest BCUT2D eigenvalue weighted by Crippen LogP contribution is -3.00. The third kappa shape index (κ3) is 12.1. The first-order chi connectivity index (χ1) is 32.1. The first kappa shape index (κ1) is 51.1. The molecular formula is C53H59BrN5O6PS. The van der Waals surface area contributed by atoms with Crippen LogP contribution < -0.4 is 41.2 Å². The lowest BCUT2D eigenvalue weighted by molar-refractivity contribution is -0.658. The molecule has 0 saturated heterocycles. The maximum atomic E-state index is 14.5. The van der Waals surface area contributed by atoms with E-state index in [1.165, 1.54) is 10.6 Å². The summed E-state index contributed by atoms with van der Waals surface area (Å²) in [4.78, 5) is 17.9. The van der Waals surface area contributed by atoms with E-state index in [4.69, 9.17) is 23.3 Å². The Bertz CT molecular complexity index is 2570. The van der Waals surface area contributed by atoms with Crippen molar-refractivity contribution in [1.29, 1.82) is 5.26 Å². The maximum absolute atomic E-state index is 14.5. The minimum Gasteiger partial charge on any atom is -1.00 e. The number of nitrogens with one attached hydrogen (secondary N) is 1. The number of methoxy groups -OCH3 is 2. The van der Waals surface area contributed by atoms with Crippen molar-refractivity contribution in [3.63, 3.8) is 0 Å². The summed E-state index contributed by atoms with van der Waals surface area (Å²) in [5.41, 5.74) is 4.64. The minimum absolute atomic E-state index is 0. The molecule has 11 nitrogen and oxygen atoms in total. The standard InChI is InChI=1S/C53H58N5O6PS.BrH/c1-38(2)58(39(3)4)65(63-33-15-31-54)64-37-44(36-62-53(41-16-9-8-10-17-41,42-22-26-45(60-6)27-23-42)43-24-28-46(61-7)29-25-43)55-51(59)35-57-32-30-40(47-18-11-12-19-48(47)57)34-52-56(5)49-20-13-14-21-50(49)66-52;/h8-14,16-30,32,34,38-39,44H,15,33,35-37H2,1-7H3;1H/t44-,65?;/m1./s1. The summed E-state index contributed by atoms with van der Waals surface area (Å²) in [6.07, 6.45) is 4.41. The van der Waals surface area contributed by atoms with Crippen LogP contribution in [0, 0.1) is 11.3 Å². The first-order valence-corrected chi connectivity index (χ1v) is 24.1. The van der Waals surface area contributed by atoms with Crippen LogP contribution in [0.2, 0.25) is 0 Å². The zero-order valence-electron chi connectivity index (χ0n) is 39.1. The Morgan fingerprint density at radius 2 is 1.40 bits per heavy atom. The molecule has 350 valence electrons. The third-order valence-electron chi connectivity index (χ3n) is 11.4. The molecule has 67 heavy (non-hydrogen) atoms. The number of aromatic nitrogens is 1. The van der Waals surface area contributed by atoms with Gasteiger partial charge in [-0.25, -0.2) is 4.67 Å². The number of benzene rings is 5. The summed E-state index contributed by atoms with van der Waals surface area (Å²) in [6, 6.07) is 46.1. The number of nitriles is 1. The molecule has 6 aromatic rings. The van der Waals surface area contributed by atoms with E-state index in [0.29, 0.717) is 11.5 Å². The molecule has 1 aliphatic heterocycles. The van der Waals surface area contributed by atoms with Crippen LogP contribution in [0.15, 0.2) is 150 Å². The second kappa shape index (κ2) is 24.1. The number of fused-ring (bicyclic) bond motifs is 2. The van der Waals surface area contributed by atoms with Crippen molar-refractivity contribution in [1.82, 2.24) is 9.99 Å². The lowest BCUT2D eigenvalue weighted by Gasteiger charge is -2.38. The van der Waals surface area contributed by atoms with Crippen molar-refractivity contribution in [2.75, 3.05) is 46.0 Å². The Kier molecular flexibility index (Phi) is 18.4. The number of ether oxygens (including phenoxy) is 3. The third-order valence-corrected chi connectivity index (χ3v) is 14.7. The zero-order valence-corrected chi connectivity index (χ0v) is 42.4. The van der Waals surface area contributed by atoms with Gasteiger partial charge in [-0.2, -0.15) is 9.83 Å². The monoisotopic (exact) mass is 1000 g/mol. The molecule has 0 saturated carbocycles. The van der Waals surface area contributed by atoms with Crippen molar-refractivity contribution in [2.45, 2.75) is 69.3 Å². The molecule has 0 radical (unpaired) electrons. The van der Waals surface area contributed by atoms with Gasteiger partial charge in [0.05, 0.1) is 68.7 Å². The van der Waals surface area contributed by atoms with Gasteiger partial charge >= 0.3 is 0 Å². The van der Waals surface area contributed by atoms with Crippen LogP contribution in [0.25, 0.3) is 17.0 Å². The van der Waals surface area contributed by atoms with Gasteiger partial charge in [-0.15, -0.1) is 0 Å². The first-order valence-electron chi connectivity index (χ1n) is 22.2. The molecule has 1 unspecified atom stereocenters. The molecule has 2 heterocycles. The Labute approximate surface area is 411 Å². The normalized spacial score (nSPS) is 13.9. The van der Waals surface area contributed by atoms with Crippen molar-refractivity contribution in [3.05, 3.63) is 167 Å². The van der Waals surface area contributed by atoms with Crippen LogP contribution in [-0.2, 0) is 30.7 Å². The summed E-state index contributed by atoms with van der Waals surface area (Å²) >= 11 is 1.75. The molecule has 14 heteroatoms. The number of amides is 1. The van der Waals surface area contributed by atoms with Gasteiger partial charge in [-0.1, -0.05) is 90.6 Å². The number of hydrogen-bond donors (Lipinski definition) is 1. The van der Waals surface area contributed by atoms with Crippen LogP contribution >= 0.6 is 20.3 Å². The highest BCUT2D eigenvalue weighted by atomic mass is 79.9. The van der Waals surface area contributed by atoms with Crippen molar-refractivity contribution < 1.29 is 49.6 Å². The Hall–Kier alpha value is -5.29. The second-order valence-electron chi connectivity index (χ2n) is 16.4. The molecule has 5 aromatic carbocycles. The molecule has 1 aliphatic rings. The van der Waals surface area contributed by atoms with Crippen LogP contribution in [0.3, 0.4) is 0 Å². The second-order valence-corrected chi connectivity index (χ2v) is 19.0. The highest BCUT2D eigenvalue weighted by Crippen LogP contribution is 2.47. The van der Waals surface area contributed by atoms with Crippen LogP contribution in [0.4, 0.5) is 5.69 Å². The molecule has 0 spiro atoms. The average molecular weight is 1010 g/mol. The number of pyridine rings is 1. The summed E-state index contributed by atoms with van der Waals surface area (Å²) in [5.74, 6) is 1.21. The molecule has 7 rings (SSSR count). The fraction of sp³-hybridized carbons (Fsp3) is 0.302. The lowest BCUT2D eigenvalue weighted by atomic mass is 9.80. The Morgan fingerprint density at radius 3 is 2.01 bits per heavy atom. The van der Waals surface area contributed by atoms with E-state index in [1.807, 2.05) is 108 Å². The number of thioether (sulfide) groups is 1. The fourth-order valence-corrected chi connectivity index (χ4v) is 11.0. The summed E-state index contributed by atoms with van der Waals surface area (Å²) < 4.78 is 35.7. The van der Waals surface area contributed by atoms with Crippen molar-refractivity contribution in [2.24, 2.45) is 0 Å². The van der Waals surface area contributed by atoms with Crippen molar-refractivity contribution in [3.8, 4) is 17.6 Å². The fourth-order valence-electron chi connectivity index (χ4n) is 8.28. The number of para-hydroxylation sites is 2. The maximum Gasteiger partial charge on any atom is 0.286 e. The van der Waals surface area contributed by atoms with Crippen LogP contribution in [0.1, 0.15) is 56.4 Å². The number of halogens is 1. The van der Waals surface area contributed by atoms with E-state index in [2.05, 4.69) is 98.2 Å². The predicted octanol–water partition coefficient (Wildman–Crippen LogP) is 7.48. The molecule has 0 aliphatic carbocycles. The van der Waals surface area contributed by atoms with Gasteiger partial charge in [-0.3, -0.25) is 4.79 Å². The average Bonchev–Trinajstić information content (AvgIpc) is 3.65. The molecule has 2 atom stereocenters. The predicted molar refractivity (Wildman–Crippen MR) is 264 cm³/mol. The minimum atomic E-state index is -1.62. The van der Waals surface area contributed by atoms with Crippen LogP contribution in [0.5, 0.6) is 11.5 Å². The van der Waals surface area contributed by atoms with E-state index in [9.17, 15) is 10.1 Å². The van der Waals surface area contributed by atoms with Crippen molar-refractivity contribution >= 4 is 48.9 Å². The van der Waals surface area contributed by atoms with E-state index in [0.717, 1.165) is 38.2 Å². The molecule has 0 fully saturated rings. The topological polar surface area (TPSA) is 109 Å². The molecule has 0 bridgehead atoms. The van der Waals surface area contributed by atoms with E-state index in [-0.39, 0.29) is 67.8 Å². The molecule has 1 aromatic heterocycles. The van der Waals surface area contributed by atoms with E-state index in [1.54, 1.807) is 26.0 Å². The SMILES string of the molecule is COc1ccc(C(OC[C@H](COP(OCCC#N)N(C(C)C)C(C)C)NC(=O)C[n+]2ccc(/C=C3\Sc4ccccc4N3C)c3ccccc32)(c2ccccc2)c2ccc(OC)cc2)cc1.[Br-]. The molecule has 1 amide bonds. The number of carbonyl (C=O) groups is 1. The highest BCUT2D eigenvalue weighted by Gasteiger charge is 2.39. The number of carbonyl (C=O) groups excluding carboxylic acids is 1. The van der Waals surface area contributed by atoms with Gasteiger partial charge in [0.25, 0.3) is 14.4 Å². The van der Waals surface area contributed by atoms with E-state index < -0.39 is 20.2 Å². The smallest absolute Gasteiger partial charge is 0.286 e. The summed E-state index contributed by atoms with van der Waals surface area (Å²) in [6.45, 7) is 8.78. The highest BCUT2D eigenvalue weighted by molar-refractivity contribution is 8.03. The van der Waals surface area contributed by atoms with Gasteiger partial charge in [0.1, 0.15) is 17.1 Å². The number of anilines is 1. The van der Waals surface area contributed by atoms with Gasteiger partial charge in [0, 0.05) is 36.2 Å². The molecular weight excluding hydrogens is 946 g/mol. The van der Waals surface area contributed by atoms with E-state index >= 15 is 0 Å². The van der Waals surface area contributed by atoms with Gasteiger partial charge in [0.2, 0.25) is 12.1 Å². The van der Waals surface area contributed by atoms with Gasteiger partial charge in [-0.05, 0) is 98.5 Å².